The molecule has 2 rings (SSSR count). The van der Waals surface area contributed by atoms with Gasteiger partial charge in [-0.05, 0) is 25.1 Å². The first-order valence-corrected chi connectivity index (χ1v) is 12.5. The van der Waals surface area contributed by atoms with Gasteiger partial charge in [0.15, 0.2) is 0 Å². The molecule has 1 aromatic carbocycles. The van der Waals surface area contributed by atoms with Crippen LogP contribution < -0.4 is 16.4 Å². The van der Waals surface area contributed by atoms with Crippen LogP contribution in [0.4, 0.5) is 0 Å². The van der Waals surface area contributed by atoms with E-state index in [0.717, 1.165) is 11.7 Å². The Morgan fingerprint density at radius 3 is 2.79 bits per heavy atom. The van der Waals surface area contributed by atoms with E-state index in [2.05, 4.69) is 23.0 Å². The van der Waals surface area contributed by atoms with E-state index in [-0.39, 0.29) is 11.1 Å². The fourth-order valence-corrected chi connectivity index (χ4v) is 5.69. The number of aromatic nitrogens is 2. The smallest absolute Gasteiger partial charge is 0.267 e. The van der Waals surface area contributed by atoms with Crippen molar-refractivity contribution in [3.8, 4) is 0 Å². The Morgan fingerprint density at radius 1 is 1.42 bits per heavy atom. The Hall–Kier alpha value is -0.120. The van der Waals surface area contributed by atoms with Crippen molar-refractivity contribution in [3.63, 3.8) is 0 Å². The average molecular weight is 332 g/mol. The molecule has 1 aromatic heterocycles. The average Bonchev–Trinajstić information content (AvgIpc) is 2.43. The van der Waals surface area contributed by atoms with Crippen molar-refractivity contribution in [1.82, 2.24) is 9.78 Å². The number of hydrogen-bond donors (Lipinski definition) is 1. The molecule has 4 nitrogen and oxygen atoms in total. The van der Waals surface area contributed by atoms with Crippen molar-refractivity contribution in [2.24, 2.45) is 0 Å². The van der Waals surface area contributed by atoms with E-state index < -0.39 is 7.30 Å². The zero-order valence-corrected chi connectivity index (χ0v) is 14.7. The molecule has 19 heavy (non-hydrogen) atoms. The predicted octanol–water partition coefficient (Wildman–Crippen LogP) is 2.38. The minimum Gasteiger partial charge on any atom is -0.267 e. The van der Waals surface area contributed by atoms with Gasteiger partial charge in [0.25, 0.3) is 11.1 Å². The lowest BCUT2D eigenvalue weighted by atomic mass is 10.2. The molecular weight excluding hydrogens is 316 g/mol. The summed E-state index contributed by atoms with van der Waals surface area (Å²) in [7, 11) is 5.68. The Balaban J connectivity index is 2.86. The van der Waals surface area contributed by atoms with Gasteiger partial charge in [-0.1, -0.05) is 27.0 Å². The number of hydrogen-bond acceptors (Lipinski definition) is 2. The second-order valence-electron chi connectivity index (χ2n) is 4.10. The molecule has 0 radical (unpaired) electrons. The molecule has 4 unspecified atom stereocenters. The molecule has 0 saturated heterocycles. The molecular formula is C11H16N2O2P4. The Morgan fingerprint density at radius 2 is 2.16 bits per heavy atom. The quantitative estimate of drug-likeness (QED) is 0.874. The summed E-state index contributed by atoms with van der Waals surface area (Å²) < 4.78 is 1.42. The number of H-pyrrole nitrogens is 1. The largest absolute Gasteiger partial charge is 0.273 e. The molecule has 0 fully saturated rings. The topological polar surface area (TPSA) is 54.9 Å². The standard InChI is InChI=1S/C11H16N2O2P4/c1-2-6-13-11(15)9-7(10(14)12-13)4-3-5-8(9)19(17)18-16/h3-5,18H,2,6,16-17H2,1H3,(H,12,14). The van der Waals surface area contributed by atoms with Gasteiger partial charge in [0.05, 0.1) is 10.8 Å². The maximum absolute atomic E-state index is 12.5. The molecule has 0 spiro atoms. The minimum absolute atomic E-state index is 0.0924. The van der Waals surface area contributed by atoms with Crippen molar-refractivity contribution in [2.45, 2.75) is 19.9 Å². The van der Waals surface area contributed by atoms with Crippen LogP contribution >= 0.6 is 33.1 Å². The van der Waals surface area contributed by atoms with Crippen LogP contribution in [0.5, 0.6) is 0 Å². The van der Waals surface area contributed by atoms with Gasteiger partial charge in [-0.15, -0.1) is 17.9 Å². The van der Waals surface area contributed by atoms with Gasteiger partial charge in [0.2, 0.25) is 0 Å². The number of benzene rings is 1. The Labute approximate surface area is 118 Å². The summed E-state index contributed by atoms with van der Waals surface area (Å²) in [5.41, 5.74) is -0.282. The number of aryl methyl sites for hydroxylation is 1. The summed E-state index contributed by atoms with van der Waals surface area (Å²) >= 11 is 0. The maximum Gasteiger partial charge on any atom is 0.273 e. The Bertz CT molecular complexity index is 710. The van der Waals surface area contributed by atoms with Gasteiger partial charge < -0.3 is 0 Å². The van der Waals surface area contributed by atoms with Crippen molar-refractivity contribution < 1.29 is 0 Å². The monoisotopic (exact) mass is 332 g/mol. The van der Waals surface area contributed by atoms with Crippen LogP contribution in [-0.4, -0.2) is 9.78 Å². The maximum atomic E-state index is 12.5. The van der Waals surface area contributed by atoms with Crippen LogP contribution in [-0.2, 0) is 6.54 Å². The van der Waals surface area contributed by atoms with Gasteiger partial charge in [0, 0.05) is 6.54 Å². The van der Waals surface area contributed by atoms with Gasteiger partial charge in [-0.2, -0.15) is 0 Å². The lowest BCUT2D eigenvalue weighted by Crippen LogP contribution is -2.32. The van der Waals surface area contributed by atoms with Crippen LogP contribution in [0.15, 0.2) is 27.8 Å². The van der Waals surface area contributed by atoms with E-state index in [1.54, 1.807) is 6.07 Å². The third kappa shape index (κ3) is 2.98. The van der Waals surface area contributed by atoms with Gasteiger partial charge in [-0.25, -0.2) is 4.68 Å². The van der Waals surface area contributed by atoms with Crippen molar-refractivity contribution >= 4 is 49.2 Å². The van der Waals surface area contributed by atoms with Crippen molar-refractivity contribution in [2.75, 3.05) is 0 Å². The SMILES string of the molecule is CCCn1[nH]c(=O)c2cccc(P(P)PP)c2c1=O. The molecule has 0 bridgehead atoms. The molecule has 102 valence electrons. The second kappa shape index (κ2) is 6.55. The van der Waals surface area contributed by atoms with E-state index in [9.17, 15) is 9.59 Å². The molecule has 8 heteroatoms. The minimum atomic E-state index is -0.482. The lowest BCUT2D eigenvalue weighted by Gasteiger charge is -2.13. The molecule has 0 amide bonds. The number of aromatic amines is 1. The summed E-state index contributed by atoms with van der Waals surface area (Å²) in [5.74, 6) is 0. The predicted molar refractivity (Wildman–Crippen MR) is 93.4 cm³/mol. The van der Waals surface area contributed by atoms with E-state index in [1.165, 1.54) is 4.68 Å². The molecule has 0 saturated carbocycles. The second-order valence-corrected chi connectivity index (χ2v) is 13.2. The van der Waals surface area contributed by atoms with Gasteiger partial charge in [-0.3, -0.25) is 14.7 Å². The van der Waals surface area contributed by atoms with Crippen molar-refractivity contribution in [1.29, 1.82) is 0 Å². The normalized spacial score (nSPS) is 13.4. The highest BCUT2D eigenvalue weighted by molar-refractivity contribution is 8.63. The van der Waals surface area contributed by atoms with Crippen molar-refractivity contribution in [3.05, 3.63) is 38.9 Å². The van der Waals surface area contributed by atoms with Crippen LogP contribution in [0.25, 0.3) is 10.8 Å². The molecule has 0 aliphatic heterocycles. The summed E-state index contributed by atoms with van der Waals surface area (Å²) in [6.07, 6.45) is 0.810. The molecule has 0 aliphatic carbocycles. The first kappa shape index (κ1) is 15.3. The van der Waals surface area contributed by atoms with E-state index in [0.29, 0.717) is 25.3 Å². The lowest BCUT2D eigenvalue weighted by molar-refractivity contribution is 0.567. The zero-order chi connectivity index (χ0) is 14.0. The van der Waals surface area contributed by atoms with Crippen LogP contribution in [0.3, 0.4) is 0 Å². The number of fused-ring (bicyclic) bond motifs is 1. The third-order valence-electron chi connectivity index (χ3n) is 2.83. The molecule has 2 aromatic rings. The molecule has 0 aliphatic rings. The fourth-order valence-electron chi connectivity index (χ4n) is 1.97. The first-order valence-electron chi connectivity index (χ1n) is 5.87. The zero-order valence-electron chi connectivity index (χ0n) is 10.5. The first-order chi connectivity index (χ1) is 9.10. The molecule has 1 heterocycles. The number of rotatable bonds is 4. The number of nitrogens with zero attached hydrogens (tertiary/aromatic N) is 1. The van der Waals surface area contributed by atoms with Crippen LogP contribution in [0, 0.1) is 0 Å². The molecule has 4 atom stereocenters. The van der Waals surface area contributed by atoms with Gasteiger partial charge in [0.1, 0.15) is 0 Å². The van der Waals surface area contributed by atoms with Crippen LogP contribution in [0.2, 0.25) is 0 Å². The molecule has 1 N–H and O–H groups in total. The summed E-state index contributed by atoms with van der Waals surface area (Å²) in [6.45, 7) is 2.52. The summed E-state index contributed by atoms with van der Waals surface area (Å²) in [5, 5.41) is 4.72. The summed E-state index contributed by atoms with van der Waals surface area (Å²) in [4.78, 5) is 24.6. The fraction of sp³-hybridized carbons (Fsp3) is 0.273. The summed E-state index contributed by atoms with van der Waals surface area (Å²) in [6, 6.07) is 5.52. The Kier molecular flexibility index (Phi) is 5.27. The van der Waals surface area contributed by atoms with Crippen LogP contribution in [0.1, 0.15) is 13.3 Å². The highest BCUT2D eigenvalue weighted by Gasteiger charge is 2.14. The highest BCUT2D eigenvalue weighted by Crippen LogP contribution is 2.65. The number of nitrogens with one attached hydrogen (secondary N) is 1. The third-order valence-corrected chi connectivity index (χ3v) is 12.9. The highest BCUT2D eigenvalue weighted by atomic mass is 32.6. The van der Waals surface area contributed by atoms with E-state index >= 15 is 0 Å². The van der Waals surface area contributed by atoms with Gasteiger partial charge >= 0.3 is 0 Å². The van der Waals surface area contributed by atoms with E-state index in [1.807, 2.05) is 19.1 Å². The van der Waals surface area contributed by atoms with E-state index in [4.69, 9.17) is 0 Å².